The molecule has 2 bridgehead atoms. The highest BCUT2D eigenvalue weighted by Gasteiger charge is 2.44. The van der Waals surface area contributed by atoms with Crippen LogP contribution in [0, 0.1) is 0 Å². The van der Waals surface area contributed by atoms with E-state index in [0.29, 0.717) is 0 Å². The van der Waals surface area contributed by atoms with Gasteiger partial charge >= 0.3 is 0 Å². The molecule has 0 aliphatic carbocycles. The maximum atomic E-state index is 9.58. The molecule has 2 nitrogen and oxygen atoms in total. The molecule has 2 saturated heterocycles. The summed E-state index contributed by atoms with van der Waals surface area (Å²) in [6.07, 6.45) is 4.78. The van der Waals surface area contributed by atoms with Gasteiger partial charge in [-0.25, -0.2) is 0 Å². The van der Waals surface area contributed by atoms with Gasteiger partial charge in [0.2, 0.25) is 0 Å². The number of piperidine rings is 1. The number of hydrogen-bond acceptors (Lipinski definition) is 1. The highest BCUT2D eigenvalue weighted by molar-refractivity contribution is 4.82. The Bertz CT molecular complexity index is 155. The summed E-state index contributed by atoms with van der Waals surface area (Å²) >= 11 is 0. The summed E-state index contributed by atoms with van der Waals surface area (Å²) in [4.78, 5) is 1.76. The normalized spacial score (nSPS) is 47.0. The van der Waals surface area contributed by atoms with E-state index in [1.807, 2.05) is 0 Å². The first-order chi connectivity index (χ1) is 5.68. The fourth-order valence-electron chi connectivity index (χ4n) is 3.27. The van der Waals surface area contributed by atoms with E-state index in [1.54, 1.807) is 4.90 Å². The van der Waals surface area contributed by atoms with E-state index >= 15 is 0 Å². The first kappa shape index (κ1) is 8.52. The lowest BCUT2D eigenvalue weighted by molar-refractivity contribution is -0.962. The third kappa shape index (κ3) is 1.27. The molecule has 2 N–H and O–H groups in total. The Labute approximate surface area is 74.6 Å². The van der Waals surface area contributed by atoms with Gasteiger partial charge in [0.1, 0.15) is 0 Å². The van der Waals surface area contributed by atoms with Crippen molar-refractivity contribution >= 4 is 0 Å². The fourth-order valence-corrected chi connectivity index (χ4v) is 3.27. The lowest BCUT2D eigenvalue weighted by atomic mass is 9.98. The second-order valence-corrected chi connectivity index (χ2v) is 4.75. The van der Waals surface area contributed by atoms with E-state index in [2.05, 4.69) is 13.8 Å². The van der Waals surface area contributed by atoms with Crippen molar-refractivity contribution in [3.63, 3.8) is 0 Å². The van der Waals surface area contributed by atoms with E-state index in [0.717, 1.165) is 31.0 Å². The molecule has 2 fully saturated rings. The predicted molar refractivity (Wildman–Crippen MR) is 48.1 cm³/mol. The minimum absolute atomic E-state index is 0.00463. The molecule has 0 radical (unpaired) electrons. The third-order valence-corrected chi connectivity index (χ3v) is 3.59. The number of quaternary nitrogens is 1. The Balaban J connectivity index is 2.09. The van der Waals surface area contributed by atoms with Gasteiger partial charge in [-0.05, 0) is 13.8 Å². The maximum absolute atomic E-state index is 9.58. The lowest BCUT2D eigenvalue weighted by Gasteiger charge is -2.36. The van der Waals surface area contributed by atoms with Gasteiger partial charge in [-0.15, -0.1) is 0 Å². The van der Waals surface area contributed by atoms with Gasteiger partial charge in [0, 0.05) is 25.7 Å². The molecule has 12 heavy (non-hydrogen) atoms. The molecule has 70 valence electrons. The number of rotatable bonds is 1. The van der Waals surface area contributed by atoms with Crippen LogP contribution in [0.3, 0.4) is 0 Å². The lowest BCUT2D eigenvalue weighted by Crippen LogP contribution is -3.20. The van der Waals surface area contributed by atoms with Gasteiger partial charge in [-0.3, -0.25) is 0 Å². The quantitative estimate of drug-likeness (QED) is 0.567. The first-order valence-electron chi connectivity index (χ1n) is 5.23. The van der Waals surface area contributed by atoms with Crippen molar-refractivity contribution in [3.05, 3.63) is 0 Å². The summed E-state index contributed by atoms with van der Waals surface area (Å²) < 4.78 is 0. The van der Waals surface area contributed by atoms with Gasteiger partial charge in [0.05, 0.1) is 24.2 Å². The van der Waals surface area contributed by atoms with Crippen LogP contribution in [0.25, 0.3) is 0 Å². The average Bonchev–Trinajstić information content (AvgIpc) is 2.24. The SMILES string of the molecule is CC(C)[NH+]1[C@@H]2CC[C@H]1CC(O)C2. The first-order valence-corrected chi connectivity index (χ1v) is 5.23. The van der Waals surface area contributed by atoms with Crippen LogP contribution in [0.1, 0.15) is 39.5 Å². The molecule has 2 aliphatic heterocycles. The zero-order valence-corrected chi connectivity index (χ0v) is 8.09. The second kappa shape index (κ2) is 3.00. The van der Waals surface area contributed by atoms with Crippen molar-refractivity contribution < 1.29 is 10.0 Å². The van der Waals surface area contributed by atoms with Gasteiger partial charge in [-0.1, -0.05) is 0 Å². The van der Waals surface area contributed by atoms with Crippen LogP contribution < -0.4 is 4.90 Å². The number of nitrogens with one attached hydrogen (secondary N) is 1. The number of aliphatic hydroxyl groups is 1. The summed E-state index contributed by atoms with van der Waals surface area (Å²) in [5.41, 5.74) is 0. The molecule has 2 heteroatoms. The molecule has 0 spiro atoms. The Morgan fingerprint density at radius 3 is 2.08 bits per heavy atom. The predicted octanol–water partition coefficient (Wildman–Crippen LogP) is -0.0346. The fraction of sp³-hybridized carbons (Fsp3) is 1.00. The highest BCUT2D eigenvalue weighted by Crippen LogP contribution is 2.23. The van der Waals surface area contributed by atoms with Crippen molar-refractivity contribution in [2.24, 2.45) is 0 Å². The van der Waals surface area contributed by atoms with E-state index in [4.69, 9.17) is 0 Å². The van der Waals surface area contributed by atoms with Crippen LogP contribution in [0.2, 0.25) is 0 Å². The van der Waals surface area contributed by atoms with E-state index in [1.165, 1.54) is 12.8 Å². The number of aliphatic hydroxyl groups excluding tert-OH is 1. The molecule has 0 aromatic rings. The van der Waals surface area contributed by atoms with Crippen LogP contribution >= 0.6 is 0 Å². The largest absolute Gasteiger partial charge is 0.393 e. The topological polar surface area (TPSA) is 24.7 Å². The van der Waals surface area contributed by atoms with E-state index < -0.39 is 0 Å². The standard InChI is InChI=1S/C10H19NO/c1-7(2)11-8-3-4-9(11)6-10(12)5-8/h7-10,12H,3-6H2,1-2H3/p+1/t8-,9+,10?. The summed E-state index contributed by atoms with van der Waals surface area (Å²) in [6.45, 7) is 4.61. The Morgan fingerprint density at radius 1 is 1.17 bits per heavy atom. The zero-order valence-electron chi connectivity index (χ0n) is 8.09. The molecular weight excluding hydrogens is 150 g/mol. The average molecular weight is 170 g/mol. The van der Waals surface area contributed by atoms with Crippen molar-refractivity contribution in [1.29, 1.82) is 0 Å². The zero-order chi connectivity index (χ0) is 8.72. The molecule has 4 atom stereocenters. The summed E-state index contributed by atoms with van der Waals surface area (Å²) in [6, 6.07) is 2.27. The smallest absolute Gasteiger partial charge is 0.0906 e. The van der Waals surface area contributed by atoms with Crippen molar-refractivity contribution in [2.75, 3.05) is 0 Å². The highest BCUT2D eigenvalue weighted by atomic mass is 16.3. The molecule has 0 amide bonds. The molecular formula is C10H20NO+. The minimum Gasteiger partial charge on any atom is -0.393 e. The van der Waals surface area contributed by atoms with Gasteiger partial charge in [-0.2, -0.15) is 0 Å². The van der Waals surface area contributed by atoms with Gasteiger partial charge in [0.25, 0.3) is 0 Å². The number of hydrogen-bond donors (Lipinski definition) is 2. The minimum atomic E-state index is 0.00463. The summed E-state index contributed by atoms with van der Waals surface area (Å²) in [5.74, 6) is 0. The van der Waals surface area contributed by atoms with Crippen molar-refractivity contribution in [3.8, 4) is 0 Å². The molecule has 0 aromatic carbocycles. The monoisotopic (exact) mass is 170 g/mol. The molecule has 2 unspecified atom stereocenters. The van der Waals surface area contributed by atoms with Gasteiger partial charge in [0.15, 0.2) is 0 Å². The Kier molecular flexibility index (Phi) is 2.13. The second-order valence-electron chi connectivity index (χ2n) is 4.75. The molecule has 0 aromatic heterocycles. The van der Waals surface area contributed by atoms with Crippen LogP contribution in [0.15, 0.2) is 0 Å². The Hall–Kier alpha value is -0.0800. The van der Waals surface area contributed by atoms with Crippen LogP contribution in [-0.4, -0.2) is 29.3 Å². The van der Waals surface area contributed by atoms with Crippen LogP contribution in [-0.2, 0) is 0 Å². The van der Waals surface area contributed by atoms with Crippen LogP contribution in [0.4, 0.5) is 0 Å². The van der Waals surface area contributed by atoms with E-state index in [-0.39, 0.29) is 6.10 Å². The maximum Gasteiger partial charge on any atom is 0.0906 e. The van der Waals surface area contributed by atoms with Crippen LogP contribution in [0.5, 0.6) is 0 Å². The van der Waals surface area contributed by atoms with Crippen molar-refractivity contribution in [1.82, 2.24) is 0 Å². The van der Waals surface area contributed by atoms with Crippen molar-refractivity contribution in [2.45, 2.75) is 63.8 Å². The molecule has 2 heterocycles. The third-order valence-electron chi connectivity index (χ3n) is 3.59. The van der Waals surface area contributed by atoms with Gasteiger partial charge < -0.3 is 10.0 Å². The summed E-state index contributed by atoms with van der Waals surface area (Å²) in [7, 11) is 0. The van der Waals surface area contributed by atoms with E-state index in [9.17, 15) is 5.11 Å². The molecule has 2 aliphatic rings. The number of fused-ring (bicyclic) bond motifs is 2. The molecule has 2 rings (SSSR count). The molecule has 0 saturated carbocycles. The Morgan fingerprint density at radius 2 is 1.67 bits per heavy atom. The summed E-state index contributed by atoms with van der Waals surface area (Å²) in [5, 5.41) is 9.58.